The number of hydrogen-bond acceptors (Lipinski definition) is 3. The standard InChI is InChI=1S/C13H15NO3/c15-13-5-6-16-12-7-10(3-4-11(12)14-13)17-8-9-1-2-9/h3-4,7,9H,1-2,5-6,8H2,(H,14,15). The van der Waals surface area contributed by atoms with Crippen molar-refractivity contribution in [3.63, 3.8) is 0 Å². The van der Waals surface area contributed by atoms with Crippen LogP contribution in [0, 0.1) is 5.92 Å². The van der Waals surface area contributed by atoms with Gasteiger partial charge in [-0.05, 0) is 30.9 Å². The van der Waals surface area contributed by atoms with Gasteiger partial charge in [0.15, 0.2) is 0 Å². The third kappa shape index (κ3) is 2.52. The fraction of sp³-hybridized carbons (Fsp3) is 0.462. The van der Waals surface area contributed by atoms with Crippen molar-refractivity contribution in [2.75, 3.05) is 18.5 Å². The van der Waals surface area contributed by atoms with E-state index in [0.717, 1.165) is 24.0 Å². The SMILES string of the molecule is O=C1CCOc2cc(OCC3CC3)ccc2N1. The van der Waals surface area contributed by atoms with Crippen LogP contribution in [0.15, 0.2) is 18.2 Å². The maximum atomic E-state index is 11.3. The third-order valence-electron chi connectivity index (χ3n) is 3.00. The van der Waals surface area contributed by atoms with Crippen LogP contribution >= 0.6 is 0 Å². The first kappa shape index (κ1) is 10.4. The number of fused-ring (bicyclic) bond motifs is 1. The summed E-state index contributed by atoms with van der Waals surface area (Å²) in [4.78, 5) is 11.3. The average Bonchev–Trinajstić information content (AvgIpc) is 3.12. The van der Waals surface area contributed by atoms with Crippen molar-refractivity contribution < 1.29 is 14.3 Å². The lowest BCUT2D eigenvalue weighted by Gasteiger charge is -2.10. The Hall–Kier alpha value is -1.71. The monoisotopic (exact) mass is 233 g/mol. The van der Waals surface area contributed by atoms with Crippen molar-refractivity contribution in [1.29, 1.82) is 0 Å². The lowest BCUT2D eigenvalue weighted by Crippen LogP contribution is -2.10. The molecule has 0 spiro atoms. The number of ether oxygens (including phenoxy) is 2. The minimum atomic E-state index is -0.00426. The number of hydrogen-bond donors (Lipinski definition) is 1. The van der Waals surface area contributed by atoms with Gasteiger partial charge in [-0.3, -0.25) is 4.79 Å². The summed E-state index contributed by atoms with van der Waals surface area (Å²) in [7, 11) is 0. The summed E-state index contributed by atoms with van der Waals surface area (Å²) < 4.78 is 11.2. The second kappa shape index (κ2) is 4.28. The minimum Gasteiger partial charge on any atom is -0.493 e. The molecule has 1 aromatic carbocycles. The molecule has 1 aliphatic heterocycles. The Bertz CT molecular complexity index is 440. The van der Waals surface area contributed by atoms with Gasteiger partial charge in [-0.1, -0.05) is 0 Å². The summed E-state index contributed by atoms with van der Waals surface area (Å²) in [6.45, 7) is 1.20. The first-order valence-corrected chi connectivity index (χ1v) is 6.01. The van der Waals surface area contributed by atoms with Gasteiger partial charge in [0.1, 0.15) is 11.5 Å². The number of anilines is 1. The molecule has 0 unspecified atom stereocenters. The molecular formula is C13H15NO3. The Labute approximate surface area is 99.9 Å². The summed E-state index contributed by atoms with van der Waals surface area (Å²) >= 11 is 0. The molecule has 0 bridgehead atoms. The fourth-order valence-electron chi connectivity index (χ4n) is 1.78. The van der Waals surface area contributed by atoms with E-state index in [4.69, 9.17) is 9.47 Å². The van der Waals surface area contributed by atoms with E-state index in [9.17, 15) is 4.79 Å². The molecule has 90 valence electrons. The van der Waals surface area contributed by atoms with Crippen LogP contribution < -0.4 is 14.8 Å². The quantitative estimate of drug-likeness (QED) is 0.870. The van der Waals surface area contributed by atoms with E-state index in [1.807, 2.05) is 18.2 Å². The van der Waals surface area contributed by atoms with Gasteiger partial charge in [-0.15, -0.1) is 0 Å². The molecule has 2 aliphatic rings. The molecule has 1 aromatic rings. The van der Waals surface area contributed by atoms with Crippen molar-refractivity contribution in [3.8, 4) is 11.5 Å². The Kier molecular flexibility index (Phi) is 2.63. The highest BCUT2D eigenvalue weighted by Crippen LogP contribution is 2.33. The first-order valence-electron chi connectivity index (χ1n) is 6.01. The lowest BCUT2D eigenvalue weighted by atomic mass is 10.2. The normalized spacial score (nSPS) is 18.7. The molecule has 4 heteroatoms. The molecule has 0 saturated heterocycles. The highest BCUT2D eigenvalue weighted by Gasteiger charge is 2.22. The average molecular weight is 233 g/mol. The summed E-state index contributed by atoms with van der Waals surface area (Å²) in [5.74, 6) is 2.24. The van der Waals surface area contributed by atoms with E-state index in [-0.39, 0.29) is 5.91 Å². The van der Waals surface area contributed by atoms with Gasteiger partial charge in [0.2, 0.25) is 5.91 Å². The maximum absolute atomic E-state index is 11.3. The zero-order valence-electron chi connectivity index (χ0n) is 9.57. The molecule has 0 aromatic heterocycles. The number of rotatable bonds is 3. The number of benzene rings is 1. The van der Waals surface area contributed by atoms with E-state index in [2.05, 4.69) is 5.32 Å². The van der Waals surface area contributed by atoms with Crippen LogP contribution in [0.2, 0.25) is 0 Å². The third-order valence-corrected chi connectivity index (χ3v) is 3.00. The molecule has 4 nitrogen and oxygen atoms in total. The van der Waals surface area contributed by atoms with Crippen molar-refractivity contribution in [3.05, 3.63) is 18.2 Å². The molecule has 0 radical (unpaired) electrons. The van der Waals surface area contributed by atoms with Crippen LogP contribution in [0.1, 0.15) is 19.3 Å². The molecule has 1 heterocycles. The molecule has 1 amide bonds. The Morgan fingerprint density at radius 3 is 3.12 bits per heavy atom. The van der Waals surface area contributed by atoms with Crippen LogP contribution in [0.3, 0.4) is 0 Å². The Morgan fingerprint density at radius 1 is 1.41 bits per heavy atom. The first-order chi connectivity index (χ1) is 8.31. The summed E-state index contributed by atoms with van der Waals surface area (Å²) in [5.41, 5.74) is 0.728. The van der Waals surface area contributed by atoms with E-state index < -0.39 is 0 Å². The minimum absolute atomic E-state index is 0.00426. The van der Waals surface area contributed by atoms with Gasteiger partial charge in [-0.25, -0.2) is 0 Å². The number of carbonyl (C=O) groups excluding carboxylic acids is 1. The van der Waals surface area contributed by atoms with Crippen LogP contribution in [0.4, 0.5) is 5.69 Å². The van der Waals surface area contributed by atoms with Crippen molar-refractivity contribution in [2.24, 2.45) is 5.92 Å². The zero-order chi connectivity index (χ0) is 11.7. The molecule has 3 rings (SSSR count). The molecule has 1 fully saturated rings. The second-order valence-electron chi connectivity index (χ2n) is 4.56. The molecule has 0 atom stereocenters. The Balaban J connectivity index is 1.74. The number of amides is 1. The van der Waals surface area contributed by atoms with Crippen LogP contribution in [0.5, 0.6) is 11.5 Å². The van der Waals surface area contributed by atoms with Crippen LogP contribution in [0.25, 0.3) is 0 Å². The van der Waals surface area contributed by atoms with E-state index >= 15 is 0 Å². The van der Waals surface area contributed by atoms with Gasteiger partial charge in [0.25, 0.3) is 0 Å². The summed E-state index contributed by atoms with van der Waals surface area (Å²) in [6.07, 6.45) is 2.95. The number of nitrogens with one attached hydrogen (secondary N) is 1. The molecule has 1 saturated carbocycles. The predicted molar refractivity (Wildman–Crippen MR) is 63.4 cm³/mol. The highest BCUT2D eigenvalue weighted by atomic mass is 16.5. The van der Waals surface area contributed by atoms with Gasteiger partial charge in [-0.2, -0.15) is 0 Å². The summed E-state index contributed by atoms with van der Waals surface area (Å²) in [6, 6.07) is 5.56. The van der Waals surface area contributed by atoms with Gasteiger partial charge >= 0.3 is 0 Å². The fourth-order valence-corrected chi connectivity index (χ4v) is 1.78. The molecule has 17 heavy (non-hydrogen) atoms. The van der Waals surface area contributed by atoms with Crippen molar-refractivity contribution in [2.45, 2.75) is 19.3 Å². The van der Waals surface area contributed by atoms with Crippen molar-refractivity contribution in [1.82, 2.24) is 0 Å². The molecule has 1 aliphatic carbocycles. The van der Waals surface area contributed by atoms with Crippen molar-refractivity contribution >= 4 is 11.6 Å². The van der Waals surface area contributed by atoms with Gasteiger partial charge in [0, 0.05) is 6.07 Å². The van der Waals surface area contributed by atoms with E-state index in [1.165, 1.54) is 12.8 Å². The van der Waals surface area contributed by atoms with Gasteiger partial charge in [0.05, 0.1) is 25.3 Å². The Morgan fingerprint density at radius 2 is 2.29 bits per heavy atom. The van der Waals surface area contributed by atoms with Crippen LogP contribution in [-0.2, 0) is 4.79 Å². The smallest absolute Gasteiger partial charge is 0.227 e. The molecule has 1 N–H and O–H groups in total. The topological polar surface area (TPSA) is 47.6 Å². The zero-order valence-corrected chi connectivity index (χ0v) is 9.57. The lowest BCUT2D eigenvalue weighted by molar-refractivity contribution is -0.116. The van der Waals surface area contributed by atoms with E-state index in [0.29, 0.717) is 18.8 Å². The largest absolute Gasteiger partial charge is 0.493 e. The summed E-state index contributed by atoms with van der Waals surface area (Å²) in [5, 5.41) is 2.81. The highest BCUT2D eigenvalue weighted by molar-refractivity contribution is 5.93. The predicted octanol–water partition coefficient (Wildman–Crippen LogP) is 2.20. The molecular weight excluding hydrogens is 218 g/mol. The van der Waals surface area contributed by atoms with Crippen LogP contribution in [-0.4, -0.2) is 19.1 Å². The van der Waals surface area contributed by atoms with Gasteiger partial charge < -0.3 is 14.8 Å². The maximum Gasteiger partial charge on any atom is 0.227 e. The van der Waals surface area contributed by atoms with E-state index in [1.54, 1.807) is 0 Å². The number of carbonyl (C=O) groups is 1. The second-order valence-corrected chi connectivity index (χ2v) is 4.56.